The van der Waals surface area contributed by atoms with Crippen LogP contribution in [0.1, 0.15) is 57.2 Å². The molecule has 0 aliphatic heterocycles. The first-order valence-corrected chi connectivity index (χ1v) is 8.21. The van der Waals surface area contributed by atoms with E-state index in [1.54, 1.807) is 0 Å². The first-order valence-electron chi connectivity index (χ1n) is 7.46. The normalized spacial score (nSPS) is 32.1. The largest absolute Gasteiger partial charge is 0.349 e. The lowest BCUT2D eigenvalue weighted by molar-refractivity contribution is -0.126. The number of hydrogen-bond donors (Lipinski definition) is 1. The van der Waals surface area contributed by atoms with Crippen molar-refractivity contribution in [2.24, 2.45) is 5.41 Å². The molecule has 1 aromatic rings. The summed E-state index contributed by atoms with van der Waals surface area (Å²) in [6.07, 6.45) is 2.52. The number of amides is 1. The molecule has 2 nitrogen and oxygen atoms in total. The molecule has 2 aliphatic rings. The Balaban J connectivity index is 1.84. The number of alkyl halides is 2. The molecule has 2 aliphatic carbocycles. The fraction of sp³-hybridized carbons (Fsp3) is 0.588. The van der Waals surface area contributed by atoms with Gasteiger partial charge in [0.2, 0.25) is 5.91 Å². The first kappa shape index (κ1) is 15.2. The van der Waals surface area contributed by atoms with Crippen LogP contribution in [0.3, 0.4) is 0 Å². The molecule has 0 saturated heterocycles. The SMILES string of the molecule is CC1(C)CC[C@H](NC(=O)[C@]2(C)CC2(Cl)Cl)c2ccccc21. The fourth-order valence-electron chi connectivity index (χ4n) is 3.33. The standard InChI is InChI=1S/C17H21Cl2NO/c1-15(2)9-8-13(11-6-4-5-7-12(11)15)20-14(21)16(3)10-17(16,18)19/h4-7,13H,8-10H2,1-3H3,(H,20,21)/t13-,16-/m0/s1. The van der Waals surface area contributed by atoms with Crippen molar-refractivity contribution in [3.63, 3.8) is 0 Å². The maximum Gasteiger partial charge on any atom is 0.229 e. The van der Waals surface area contributed by atoms with E-state index in [0.29, 0.717) is 6.42 Å². The summed E-state index contributed by atoms with van der Waals surface area (Å²) in [6.45, 7) is 6.35. The maximum absolute atomic E-state index is 12.5. The lowest BCUT2D eigenvalue weighted by Crippen LogP contribution is -2.39. The van der Waals surface area contributed by atoms with E-state index in [1.165, 1.54) is 11.1 Å². The van der Waals surface area contributed by atoms with Gasteiger partial charge in [0.1, 0.15) is 4.33 Å². The van der Waals surface area contributed by atoms with Crippen molar-refractivity contribution >= 4 is 29.1 Å². The Morgan fingerprint density at radius 3 is 2.48 bits per heavy atom. The van der Waals surface area contributed by atoms with E-state index in [9.17, 15) is 4.79 Å². The van der Waals surface area contributed by atoms with Crippen molar-refractivity contribution in [3.8, 4) is 0 Å². The molecule has 0 aromatic heterocycles. The molecular formula is C17H21Cl2NO. The van der Waals surface area contributed by atoms with E-state index in [4.69, 9.17) is 23.2 Å². The van der Waals surface area contributed by atoms with E-state index < -0.39 is 9.75 Å². The number of halogens is 2. The van der Waals surface area contributed by atoms with Gasteiger partial charge in [0, 0.05) is 0 Å². The Hall–Kier alpha value is -0.730. The van der Waals surface area contributed by atoms with Crippen LogP contribution in [0.5, 0.6) is 0 Å². The molecule has 1 amide bonds. The third-order valence-corrected chi connectivity index (χ3v) is 6.29. The molecular weight excluding hydrogens is 305 g/mol. The molecule has 0 radical (unpaired) electrons. The predicted molar refractivity (Wildman–Crippen MR) is 86.7 cm³/mol. The number of nitrogens with one attached hydrogen (secondary N) is 1. The van der Waals surface area contributed by atoms with Gasteiger partial charge in [0.15, 0.2) is 0 Å². The molecule has 0 spiro atoms. The highest BCUT2D eigenvalue weighted by molar-refractivity contribution is 6.53. The summed E-state index contributed by atoms with van der Waals surface area (Å²) in [5.74, 6) is -0.0352. The zero-order chi connectivity index (χ0) is 15.5. The summed E-state index contributed by atoms with van der Waals surface area (Å²) in [6, 6.07) is 8.44. The van der Waals surface area contributed by atoms with Gasteiger partial charge in [-0.15, -0.1) is 23.2 Å². The van der Waals surface area contributed by atoms with E-state index in [1.807, 2.05) is 13.0 Å². The van der Waals surface area contributed by atoms with Crippen LogP contribution in [0.25, 0.3) is 0 Å². The average molecular weight is 326 g/mol. The minimum atomic E-state index is -0.912. The van der Waals surface area contributed by atoms with E-state index in [0.717, 1.165) is 12.8 Å². The second-order valence-electron chi connectivity index (χ2n) is 7.25. The molecule has 2 atom stereocenters. The van der Waals surface area contributed by atoms with Crippen molar-refractivity contribution in [1.29, 1.82) is 0 Å². The minimum absolute atomic E-state index is 0.0352. The number of rotatable bonds is 2. The molecule has 1 fully saturated rings. The van der Waals surface area contributed by atoms with Gasteiger partial charge < -0.3 is 5.32 Å². The Kier molecular flexibility index (Phi) is 3.35. The number of carbonyl (C=O) groups is 1. The van der Waals surface area contributed by atoms with Gasteiger partial charge in [0.25, 0.3) is 0 Å². The van der Waals surface area contributed by atoms with Gasteiger partial charge in [0.05, 0.1) is 11.5 Å². The number of benzene rings is 1. The van der Waals surface area contributed by atoms with Crippen molar-refractivity contribution < 1.29 is 4.79 Å². The Morgan fingerprint density at radius 1 is 1.24 bits per heavy atom. The van der Waals surface area contributed by atoms with E-state index in [2.05, 4.69) is 37.4 Å². The van der Waals surface area contributed by atoms with Crippen molar-refractivity contribution in [3.05, 3.63) is 35.4 Å². The summed E-state index contributed by atoms with van der Waals surface area (Å²) in [7, 11) is 0. The number of hydrogen-bond acceptors (Lipinski definition) is 1. The summed E-state index contributed by atoms with van der Waals surface area (Å²) >= 11 is 12.2. The summed E-state index contributed by atoms with van der Waals surface area (Å²) < 4.78 is -0.912. The van der Waals surface area contributed by atoms with Crippen molar-refractivity contribution in [2.45, 2.75) is 55.8 Å². The smallest absolute Gasteiger partial charge is 0.229 e. The molecule has 1 aromatic carbocycles. The fourth-order valence-corrected chi connectivity index (χ4v) is 4.03. The van der Waals surface area contributed by atoms with Gasteiger partial charge in [-0.05, 0) is 42.7 Å². The number of carbonyl (C=O) groups excluding carboxylic acids is 1. The third kappa shape index (κ3) is 2.37. The van der Waals surface area contributed by atoms with Crippen molar-refractivity contribution in [2.75, 3.05) is 0 Å². The summed E-state index contributed by atoms with van der Waals surface area (Å²) in [4.78, 5) is 12.5. The Morgan fingerprint density at radius 2 is 1.86 bits per heavy atom. The Labute approximate surface area is 136 Å². The highest BCUT2D eigenvalue weighted by Crippen LogP contribution is 2.64. The zero-order valence-corrected chi connectivity index (χ0v) is 14.2. The van der Waals surface area contributed by atoms with E-state index in [-0.39, 0.29) is 17.4 Å². The van der Waals surface area contributed by atoms with Crippen LogP contribution >= 0.6 is 23.2 Å². The van der Waals surface area contributed by atoms with Crippen LogP contribution < -0.4 is 5.32 Å². The van der Waals surface area contributed by atoms with Gasteiger partial charge in [-0.3, -0.25) is 4.79 Å². The lowest BCUT2D eigenvalue weighted by Gasteiger charge is -2.37. The quantitative estimate of drug-likeness (QED) is 0.797. The lowest BCUT2D eigenvalue weighted by atomic mass is 9.71. The van der Waals surface area contributed by atoms with Crippen molar-refractivity contribution in [1.82, 2.24) is 5.32 Å². The topological polar surface area (TPSA) is 29.1 Å². The number of fused-ring (bicyclic) bond motifs is 1. The minimum Gasteiger partial charge on any atom is -0.349 e. The predicted octanol–water partition coefficient (Wildman–Crippen LogP) is 4.50. The second-order valence-corrected chi connectivity index (χ2v) is 8.73. The van der Waals surface area contributed by atoms with Crippen LogP contribution in [0.4, 0.5) is 0 Å². The summed E-state index contributed by atoms with van der Waals surface area (Å²) in [5.41, 5.74) is 2.05. The molecule has 4 heteroatoms. The molecule has 3 rings (SSSR count). The molecule has 114 valence electrons. The molecule has 1 saturated carbocycles. The molecule has 0 bridgehead atoms. The molecule has 0 heterocycles. The average Bonchev–Trinajstić information content (AvgIpc) is 2.94. The van der Waals surface area contributed by atoms with Gasteiger partial charge in [-0.1, -0.05) is 38.1 Å². The van der Waals surface area contributed by atoms with Gasteiger partial charge in [-0.2, -0.15) is 0 Å². The molecule has 0 unspecified atom stereocenters. The first-order chi connectivity index (χ1) is 9.67. The van der Waals surface area contributed by atoms with Crippen LogP contribution in [0, 0.1) is 5.41 Å². The van der Waals surface area contributed by atoms with Gasteiger partial charge in [-0.25, -0.2) is 0 Å². The monoisotopic (exact) mass is 325 g/mol. The molecule has 1 N–H and O–H groups in total. The third-order valence-electron chi connectivity index (χ3n) is 5.19. The maximum atomic E-state index is 12.5. The van der Waals surface area contributed by atoms with Crippen LogP contribution in [-0.4, -0.2) is 10.2 Å². The highest BCUT2D eigenvalue weighted by atomic mass is 35.5. The Bertz CT molecular complexity index is 596. The van der Waals surface area contributed by atoms with Crippen LogP contribution in [0.2, 0.25) is 0 Å². The molecule has 21 heavy (non-hydrogen) atoms. The van der Waals surface area contributed by atoms with Crippen LogP contribution in [0.15, 0.2) is 24.3 Å². The zero-order valence-electron chi connectivity index (χ0n) is 12.7. The van der Waals surface area contributed by atoms with Gasteiger partial charge >= 0.3 is 0 Å². The van der Waals surface area contributed by atoms with E-state index >= 15 is 0 Å². The second kappa shape index (κ2) is 4.63. The highest BCUT2D eigenvalue weighted by Gasteiger charge is 2.68. The summed E-state index contributed by atoms with van der Waals surface area (Å²) in [5, 5.41) is 3.16. The van der Waals surface area contributed by atoms with Crippen LogP contribution in [-0.2, 0) is 10.2 Å².